The number of amides is 1. The molecule has 1 aliphatic heterocycles. The van der Waals surface area contributed by atoms with E-state index in [1.165, 1.54) is 57.9 Å². The van der Waals surface area contributed by atoms with Crippen LogP contribution in [0.25, 0.3) is 43.1 Å². The number of nitrogen functional groups attached to an aromatic ring is 4. The number of ketones is 3. The number of carbonyl (C=O) groups excluding carboxylic acids is 4. The van der Waals surface area contributed by atoms with Crippen molar-refractivity contribution in [3.8, 4) is 0 Å². The summed E-state index contributed by atoms with van der Waals surface area (Å²) in [4.78, 5) is 74.0. The molecule has 13 N–H and O–H groups in total. The predicted octanol–water partition coefficient (Wildman–Crippen LogP) is 18.1. The van der Waals surface area contributed by atoms with Crippen LogP contribution in [0.4, 0.5) is 23.3 Å². The van der Waals surface area contributed by atoms with E-state index < -0.39 is 19.7 Å². The first kappa shape index (κ1) is 94.4. The van der Waals surface area contributed by atoms with Gasteiger partial charge in [-0.15, -0.1) is 45.3 Å². The second kappa shape index (κ2) is 45.1. The number of hydrogen-bond donors (Lipinski definition) is 9. The van der Waals surface area contributed by atoms with E-state index >= 15 is 0 Å². The maximum absolute atomic E-state index is 12.8. The summed E-state index contributed by atoms with van der Waals surface area (Å²) in [5.74, 6) is 2.79. The first-order valence-electron chi connectivity index (χ1n) is 40.1. The number of halogens is 4. The van der Waals surface area contributed by atoms with Gasteiger partial charge >= 0.3 is 0 Å². The highest BCUT2D eigenvalue weighted by Gasteiger charge is 2.22. The standard InChI is InChI=1S/2C25H24ClN3O3S2.C23H26ClN3O2S.C19H21ClN4O2S/c1-34(31,32)19-6-2-17(3-7-19)14-28-15-24-21(26)13-23(33-24)22(30)9-5-16-4-8-20-18(12-16)10-11-29-25(20)27;1-34(31,32)19-4-2-3-17(12-19)14-28-15-24-21(26)13-23(33-24)22(30)8-6-16-5-7-20-18(11-16)9-10-29-25(20)27;24-19-12-21(30-22(19)14-26-13-16-6-9-29-10-7-16)20(28)4-2-15-1-3-18-17(11-15)5-8-27-23(18)25;1-26-7-6-22-11-17-15(20)9-16(27-17)19(25)24-10-12-2-3-14-13(8-12)4-5-23-18(14)21/h2-4,6-8,10-13,28H,5,9,14-15H2,1H3,(H2,27,29);2-5,7,9-13,28H,6,8,14-15H2,1H3,(H2,27,29);1,3,5,8,11-12,16,26H,2,4,6-7,9-10,13-14H2,(H2,25,27);2-5,8-9,22H,6-7,10-11H2,1H3,(H2,21,23)(H,24,25). The van der Waals surface area contributed by atoms with Crippen LogP contribution in [-0.2, 0) is 94.2 Å². The summed E-state index contributed by atoms with van der Waals surface area (Å²) in [5, 5.41) is 26.4. The summed E-state index contributed by atoms with van der Waals surface area (Å²) in [6.07, 6.45) is 14.5. The molecule has 0 bridgehead atoms. The molecule has 652 valence electrons. The average Bonchev–Trinajstić information content (AvgIpc) is 1.75. The van der Waals surface area contributed by atoms with Crippen molar-refractivity contribution in [1.82, 2.24) is 46.5 Å². The van der Waals surface area contributed by atoms with Crippen molar-refractivity contribution >= 4 is 201 Å². The van der Waals surface area contributed by atoms with Gasteiger partial charge in [0, 0.05) is 170 Å². The molecule has 1 saturated heterocycles. The number of rotatable bonds is 34. The van der Waals surface area contributed by atoms with Crippen LogP contribution in [-0.4, -0.2) is 113 Å². The van der Waals surface area contributed by atoms with E-state index in [2.05, 4.69) is 52.6 Å². The summed E-state index contributed by atoms with van der Waals surface area (Å²) in [5.41, 5.74) is 29.7. The van der Waals surface area contributed by atoms with Crippen molar-refractivity contribution in [3.05, 3.63) is 287 Å². The van der Waals surface area contributed by atoms with E-state index in [1.54, 1.807) is 92.6 Å². The van der Waals surface area contributed by atoms with E-state index in [9.17, 15) is 36.0 Å². The molecule has 0 aliphatic carbocycles. The molecule has 1 fully saturated rings. The molecule has 0 unspecified atom stereocenters. The van der Waals surface area contributed by atoms with Crippen LogP contribution in [0, 0.1) is 5.92 Å². The van der Waals surface area contributed by atoms with Crippen LogP contribution >= 0.6 is 91.8 Å². The van der Waals surface area contributed by atoms with Gasteiger partial charge in [-0.05, 0) is 178 Å². The second-order valence-electron chi connectivity index (χ2n) is 29.9. The Labute approximate surface area is 762 Å². The number of Topliss-reactive ketones (excluding diaryl/α,β-unsaturated/α-hetero) is 3. The molecule has 125 heavy (non-hydrogen) atoms. The number of ether oxygens (including phenoxy) is 2. The molecular formula is C92H95Cl4N13O10S6. The van der Waals surface area contributed by atoms with Crippen molar-refractivity contribution in [1.29, 1.82) is 0 Å². The third-order valence-corrected chi connectivity index (χ3v) is 29.3. The maximum atomic E-state index is 12.8. The number of hydrogen-bond acceptors (Lipinski definition) is 26. The number of methoxy groups -OCH3 is 1. The van der Waals surface area contributed by atoms with E-state index in [0.29, 0.717) is 165 Å². The van der Waals surface area contributed by atoms with Gasteiger partial charge < -0.3 is 59.0 Å². The van der Waals surface area contributed by atoms with Crippen molar-refractivity contribution in [2.24, 2.45) is 5.92 Å². The third-order valence-electron chi connectivity index (χ3n) is 20.6. The number of anilines is 4. The number of nitrogens with two attached hydrogens (primary N) is 4. The fourth-order valence-corrected chi connectivity index (χ4v) is 20.4. The summed E-state index contributed by atoms with van der Waals surface area (Å²) in [7, 11) is -4.79. The van der Waals surface area contributed by atoms with Gasteiger partial charge in [-0.3, -0.25) is 19.2 Å². The Morgan fingerprint density at radius 2 is 0.776 bits per heavy atom. The van der Waals surface area contributed by atoms with Crippen molar-refractivity contribution < 1.29 is 45.5 Å². The van der Waals surface area contributed by atoms with E-state index in [-0.39, 0.29) is 23.3 Å². The Balaban J connectivity index is 0.000000152. The first-order chi connectivity index (χ1) is 60.1. The van der Waals surface area contributed by atoms with Gasteiger partial charge in [0.2, 0.25) is 0 Å². The summed E-state index contributed by atoms with van der Waals surface area (Å²) in [6, 6.07) is 52.1. The van der Waals surface area contributed by atoms with Gasteiger partial charge in [0.15, 0.2) is 37.0 Å². The summed E-state index contributed by atoms with van der Waals surface area (Å²) in [6.45, 7) is 7.82. The molecule has 0 saturated carbocycles. The predicted molar refractivity (Wildman–Crippen MR) is 510 cm³/mol. The molecule has 15 rings (SSSR count). The minimum atomic E-state index is -3.25. The van der Waals surface area contributed by atoms with E-state index in [0.717, 1.165) is 140 Å². The quantitative estimate of drug-likeness (QED) is 0.0134. The Bertz CT molecular complexity index is 6400. The number of fused-ring (bicyclic) bond motifs is 4. The molecule has 23 nitrogen and oxygen atoms in total. The number of pyridine rings is 4. The average molecular weight is 1880 g/mol. The van der Waals surface area contributed by atoms with Gasteiger partial charge in [-0.1, -0.05) is 137 Å². The van der Waals surface area contributed by atoms with Crippen LogP contribution < -0.4 is 49.5 Å². The molecule has 9 heterocycles. The van der Waals surface area contributed by atoms with Gasteiger partial charge in [-0.2, -0.15) is 0 Å². The lowest BCUT2D eigenvalue weighted by molar-refractivity contribution is 0.0662. The lowest BCUT2D eigenvalue weighted by atomic mass is 10.0. The molecular weight excluding hydrogens is 1780 g/mol. The van der Waals surface area contributed by atoms with Crippen molar-refractivity contribution in [3.63, 3.8) is 0 Å². The van der Waals surface area contributed by atoms with Crippen LogP contribution in [0.5, 0.6) is 0 Å². The van der Waals surface area contributed by atoms with Crippen molar-refractivity contribution in [2.45, 2.75) is 107 Å². The molecule has 33 heteroatoms. The highest BCUT2D eigenvalue weighted by Crippen LogP contribution is 2.34. The zero-order valence-electron chi connectivity index (χ0n) is 68.8. The number of aromatic nitrogens is 4. The van der Waals surface area contributed by atoms with Crippen LogP contribution in [0.15, 0.2) is 204 Å². The minimum Gasteiger partial charge on any atom is -0.383 e. The SMILES string of the molecule is COCCNCc1sc(C(=O)NCc2ccc3c(N)nccc3c2)cc1Cl.CS(=O)(=O)c1ccc(CNCc2sc(C(=O)CCc3ccc4c(N)nccc4c3)cc2Cl)cc1.CS(=O)(=O)c1cccc(CNCc2sc(C(=O)CCc3ccc4c(N)nccc4c3)cc2Cl)c1.Nc1nccc2cc(CCC(=O)c3cc(Cl)c(CNCC4CCOCC4)s3)ccc12. The number of aryl methyl sites for hydroxylation is 3. The lowest BCUT2D eigenvalue weighted by Gasteiger charge is -2.22. The normalized spacial score (nSPS) is 12.3. The van der Waals surface area contributed by atoms with Crippen LogP contribution in [0.2, 0.25) is 20.1 Å². The maximum Gasteiger partial charge on any atom is 0.261 e. The van der Waals surface area contributed by atoms with Gasteiger partial charge in [0.05, 0.1) is 56.0 Å². The summed E-state index contributed by atoms with van der Waals surface area (Å²) < 4.78 is 57.0. The second-order valence-corrected chi connectivity index (χ2v) is 40.1. The number of nitrogens with zero attached hydrogens (tertiary/aromatic N) is 4. The Morgan fingerprint density at radius 1 is 0.416 bits per heavy atom. The topological polar surface area (TPSA) is 371 Å². The smallest absolute Gasteiger partial charge is 0.261 e. The van der Waals surface area contributed by atoms with Crippen LogP contribution in [0.3, 0.4) is 0 Å². The molecule has 0 radical (unpaired) electrons. The molecule has 0 spiro atoms. The fourth-order valence-electron chi connectivity index (χ4n) is 13.7. The molecule has 1 amide bonds. The molecule has 1 aliphatic rings. The fraction of sp³-hybridized carbons (Fsp3) is 0.261. The first-order valence-corrected chi connectivity index (χ1v) is 48.7. The van der Waals surface area contributed by atoms with Gasteiger partial charge in [-0.25, -0.2) is 36.8 Å². The lowest BCUT2D eigenvalue weighted by Crippen LogP contribution is -2.27. The largest absolute Gasteiger partial charge is 0.383 e. The van der Waals surface area contributed by atoms with E-state index in [4.69, 9.17) is 78.8 Å². The molecule has 8 aromatic heterocycles. The van der Waals surface area contributed by atoms with Crippen LogP contribution in [0.1, 0.15) is 124 Å². The Kier molecular flexibility index (Phi) is 34.1. The number of sulfone groups is 2. The number of carbonyl (C=O) groups is 4. The number of nitrogens with one attached hydrogen (secondary N) is 5. The molecule has 14 aromatic rings. The monoisotopic (exact) mass is 1870 g/mol. The number of benzene rings is 6. The Hall–Kier alpha value is -9.74. The molecule has 6 aromatic carbocycles. The third kappa shape index (κ3) is 27.2. The number of thiophene rings is 4. The molecule has 0 atom stereocenters. The Morgan fingerprint density at radius 3 is 1.19 bits per heavy atom. The zero-order valence-corrected chi connectivity index (χ0v) is 76.8. The zero-order chi connectivity index (χ0) is 88.7. The summed E-state index contributed by atoms with van der Waals surface area (Å²) >= 11 is 31.1. The van der Waals surface area contributed by atoms with Gasteiger partial charge in [0.1, 0.15) is 23.3 Å². The highest BCUT2D eigenvalue weighted by atomic mass is 35.5. The minimum absolute atomic E-state index is 0.0494. The highest BCUT2D eigenvalue weighted by molar-refractivity contribution is 7.91. The van der Waals surface area contributed by atoms with E-state index in [1.807, 2.05) is 103 Å². The van der Waals surface area contributed by atoms with Crippen molar-refractivity contribution in [2.75, 3.05) is 75.5 Å². The van der Waals surface area contributed by atoms with Gasteiger partial charge in [0.25, 0.3) is 5.91 Å².